The van der Waals surface area contributed by atoms with Crippen molar-refractivity contribution >= 4 is 16.9 Å². The van der Waals surface area contributed by atoms with Gasteiger partial charge in [-0.25, -0.2) is 4.79 Å². The Kier molecular flexibility index (Phi) is 4.64. The van der Waals surface area contributed by atoms with Gasteiger partial charge < -0.3 is 9.30 Å². The number of esters is 1. The van der Waals surface area contributed by atoms with Crippen LogP contribution < -0.4 is 0 Å². The minimum absolute atomic E-state index is 0.309. The fraction of sp³-hybridized carbons (Fsp3) is 0.412. The maximum atomic E-state index is 12.1. The van der Waals surface area contributed by atoms with E-state index in [2.05, 4.69) is 19.9 Å². The lowest BCUT2D eigenvalue weighted by Gasteiger charge is -2.11. The van der Waals surface area contributed by atoms with Crippen LogP contribution in [0.3, 0.4) is 0 Å². The maximum Gasteiger partial charge on any atom is 0.354 e. The van der Waals surface area contributed by atoms with E-state index >= 15 is 0 Å². The fourth-order valence-corrected chi connectivity index (χ4v) is 2.33. The summed E-state index contributed by atoms with van der Waals surface area (Å²) in [4.78, 5) is 12.1. The third kappa shape index (κ3) is 3.25. The van der Waals surface area contributed by atoms with Gasteiger partial charge >= 0.3 is 5.97 Å². The van der Waals surface area contributed by atoms with Gasteiger partial charge in [-0.05, 0) is 37.5 Å². The number of aromatic nitrogens is 1. The number of ether oxygens (including phenoxy) is 1. The van der Waals surface area contributed by atoms with Gasteiger partial charge in [0.2, 0.25) is 0 Å². The van der Waals surface area contributed by atoms with Crippen LogP contribution in [0, 0.1) is 17.2 Å². The molecule has 21 heavy (non-hydrogen) atoms. The zero-order valence-electron chi connectivity index (χ0n) is 12.7. The molecular weight excluding hydrogens is 264 g/mol. The van der Waals surface area contributed by atoms with Crippen molar-refractivity contribution < 1.29 is 9.53 Å². The molecule has 0 spiro atoms. The Labute approximate surface area is 124 Å². The molecule has 4 heteroatoms. The van der Waals surface area contributed by atoms with Crippen molar-refractivity contribution in [1.29, 1.82) is 5.26 Å². The minimum Gasteiger partial charge on any atom is -0.461 e. The van der Waals surface area contributed by atoms with E-state index in [-0.39, 0.29) is 5.97 Å². The number of nitriles is 1. The molecule has 1 aromatic heterocycles. The van der Waals surface area contributed by atoms with Crippen LogP contribution in [0.5, 0.6) is 0 Å². The highest BCUT2D eigenvalue weighted by atomic mass is 16.5. The van der Waals surface area contributed by atoms with Gasteiger partial charge in [-0.15, -0.1) is 0 Å². The van der Waals surface area contributed by atoms with Crippen molar-refractivity contribution in [1.82, 2.24) is 4.57 Å². The summed E-state index contributed by atoms with van der Waals surface area (Å²) >= 11 is 0. The van der Waals surface area contributed by atoms with Crippen LogP contribution in [0.4, 0.5) is 0 Å². The molecule has 0 aliphatic heterocycles. The van der Waals surface area contributed by atoms with Crippen molar-refractivity contribution in [2.24, 2.45) is 5.92 Å². The van der Waals surface area contributed by atoms with Crippen molar-refractivity contribution in [2.45, 2.75) is 33.7 Å². The number of hydrogen-bond donors (Lipinski definition) is 0. The molecule has 1 aromatic carbocycles. The van der Waals surface area contributed by atoms with Gasteiger partial charge in [0.15, 0.2) is 0 Å². The molecule has 0 saturated carbocycles. The van der Waals surface area contributed by atoms with Crippen LogP contribution in [0.25, 0.3) is 10.9 Å². The number of benzene rings is 1. The van der Waals surface area contributed by atoms with Crippen LogP contribution in [0.2, 0.25) is 0 Å². The predicted molar refractivity (Wildman–Crippen MR) is 82.1 cm³/mol. The van der Waals surface area contributed by atoms with Gasteiger partial charge in [0.05, 0.1) is 18.2 Å². The summed E-state index contributed by atoms with van der Waals surface area (Å²) in [5, 5.41) is 10.0. The van der Waals surface area contributed by atoms with Gasteiger partial charge in [0, 0.05) is 17.4 Å². The lowest BCUT2D eigenvalue weighted by Crippen LogP contribution is -2.13. The van der Waals surface area contributed by atoms with Crippen molar-refractivity contribution in [2.75, 3.05) is 6.61 Å². The van der Waals surface area contributed by atoms with Gasteiger partial charge in [0.1, 0.15) is 5.69 Å². The second-order valence-corrected chi connectivity index (χ2v) is 5.47. The zero-order valence-corrected chi connectivity index (χ0v) is 12.7. The lowest BCUT2D eigenvalue weighted by molar-refractivity contribution is 0.0514. The molecule has 0 radical (unpaired) electrons. The number of rotatable bonds is 5. The Morgan fingerprint density at radius 2 is 2.14 bits per heavy atom. The first-order chi connectivity index (χ1) is 10.1. The van der Waals surface area contributed by atoms with Crippen LogP contribution in [-0.4, -0.2) is 17.1 Å². The van der Waals surface area contributed by atoms with E-state index in [1.165, 1.54) is 0 Å². The predicted octanol–water partition coefficient (Wildman–Crippen LogP) is 3.74. The molecule has 2 rings (SSSR count). The average Bonchev–Trinajstić information content (AvgIpc) is 2.83. The SMILES string of the molecule is CCOC(=O)c1cc2ccc(C#N)cc2n1CCC(C)C. The highest BCUT2D eigenvalue weighted by Gasteiger charge is 2.17. The number of fused-ring (bicyclic) bond motifs is 1. The summed E-state index contributed by atoms with van der Waals surface area (Å²) in [5.74, 6) is 0.229. The first-order valence-electron chi connectivity index (χ1n) is 7.27. The quantitative estimate of drug-likeness (QED) is 0.786. The highest BCUT2D eigenvalue weighted by Crippen LogP contribution is 2.23. The van der Waals surface area contributed by atoms with E-state index in [0.717, 1.165) is 23.9 Å². The fourth-order valence-electron chi connectivity index (χ4n) is 2.33. The topological polar surface area (TPSA) is 55.0 Å². The Bertz CT molecular complexity index is 693. The first kappa shape index (κ1) is 15.1. The summed E-state index contributed by atoms with van der Waals surface area (Å²) in [6.45, 7) is 7.19. The molecule has 1 heterocycles. The monoisotopic (exact) mass is 284 g/mol. The Hall–Kier alpha value is -2.28. The normalized spacial score (nSPS) is 10.8. The number of carbonyl (C=O) groups excluding carboxylic acids is 1. The van der Waals surface area contributed by atoms with Crippen molar-refractivity contribution in [3.63, 3.8) is 0 Å². The molecule has 0 unspecified atom stereocenters. The van der Waals surface area contributed by atoms with Crippen LogP contribution in [0.15, 0.2) is 24.3 Å². The van der Waals surface area contributed by atoms with Gasteiger partial charge in [-0.3, -0.25) is 0 Å². The molecule has 0 N–H and O–H groups in total. The van der Waals surface area contributed by atoms with E-state index in [1.807, 2.05) is 22.8 Å². The van der Waals surface area contributed by atoms with Crippen LogP contribution >= 0.6 is 0 Å². The summed E-state index contributed by atoms with van der Waals surface area (Å²) in [7, 11) is 0. The molecule has 0 atom stereocenters. The smallest absolute Gasteiger partial charge is 0.354 e. The molecule has 0 fully saturated rings. The minimum atomic E-state index is -0.309. The Morgan fingerprint density at radius 3 is 2.76 bits per heavy atom. The summed E-state index contributed by atoms with van der Waals surface area (Å²) in [5.41, 5.74) is 2.07. The van der Waals surface area contributed by atoms with E-state index in [4.69, 9.17) is 10.00 Å². The molecule has 0 bridgehead atoms. The molecule has 0 aliphatic carbocycles. The summed E-state index contributed by atoms with van der Waals surface area (Å²) < 4.78 is 7.10. The number of carbonyl (C=O) groups is 1. The second-order valence-electron chi connectivity index (χ2n) is 5.47. The molecule has 110 valence electrons. The van der Waals surface area contributed by atoms with Crippen LogP contribution in [-0.2, 0) is 11.3 Å². The Balaban J connectivity index is 2.53. The highest BCUT2D eigenvalue weighted by molar-refractivity contribution is 5.96. The number of aryl methyl sites for hydroxylation is 1. The number of nitrogens with zero attached hydrogens (tertiary/aromatic N) is 2. The third-order valence-corrected chi connectivity index (χ3v) is 3.45. The average molecular weight is 284 g/mol. The van der Waals surface area contributed by atoms with Crippen molar-refractivity contribution in [3.05, 3.63) is 35.5 Å². The van der Waals surface area contributed by atoms with Crippen LogP contribution in [0.1, 0.15) is 43.2 Å². The third-order valence-electron chi connectivity index (χ3n) is 3.45. The molecule has 2 aromatic rings. The molecule has 4 nitrogen and oxygen atoms in total. The largest absolute Gasteiger partial charge is 0.461 e. The first-order valence-corrected chi connectivity index (χ1v) is 7.27. The number of hydrogen-bond acceptors (Lipinski definition) is 3. The van der Waals surface area contributed by atoms with E-state index in [1.54, 1.807) is 13.0 Å². The lowest BCUT2D eigenvalue weighted by atomic mass is 10.1. The molecule has 0 amide bonds. The standard InChI is InChI=1S/C17H20N2O2/c1-4-21-17(20)16-10-14-6-5-13(11-18)9-15(14)19(16)8-7-12(2)3/h5-6,9-10,12H,4,7-8H2,1-3H3. The molecular formula is C17H20N2O2. The molecule has 0 saturated heterocycles. The van der Waals surface area contributed by atoms with E-state index in [9.17, 15) is 4.79 Å². The van der Waals surface area contributed by atoms with Gasteiger partial charge in [0.25, 0.3) is 0 Å². The second kappa shape index (κ2) is 6.45. The van der Waals surface area contributed by atoms with E-state index in [0.29, 0.717) is 23.8 Å². The van der Waals surface area contributed by atoms with Gasteiger partial charge in [-0.2, -0.15) is 5.26 Å². The summed E-state index contributed by atoms with van der Waals surface area (Å²) in [6.07, 6.45) is 0.965. The van der Waals surface area contributed by atoms with Gasteiger partial charge in [-0.1, -0.05) is 19.9 Å². The molecule has 0 aliphatic rings. The maximum absolute atomic E-state index is 12.1. The van der Waals surface area contributed by atoms with Crippen molar-refractivity contribution in [3.8, 4) is 6.07 Å². The Morgan fingerprint density at radius 1 is 1.38 bits per heavy atom. The summed E-state index contributed by atoms with van der Waals surface area (Å²) in [6, 6.07) is 9.46. The van der Waals surface area contributed by atoms with E-state index < -0.39 is 0 Å². The zero-order chi connectivity index (χ0) is 15.4.